The number of rotatable bonds is 9. The molecule has 0 bridgehead atoms. The normalized spacial score (nSPS) is 17.4. The van der Waals surface area contributed by atoms with Gasteiger partial charge in [0.25, 0.3) is 0 Å². The van der Waals surface area contributed by atoms with Crippen molar-refractivity contribution in [2.45, 2.75) is 37.9 Å². The van der Waals surface area contributed by atoms with Crippen LogP contribution in [0.4, 0.5) is 0 Å². The molecule has 0 aliphatic carbocycles. The third-order valence-electron chi connectivity index (χ3n) is 6.82. The number of aryl methyl sites for hydroxylation is 1. The smallest absolute Gasteiger partial charge is 0.338 e. The molecule has 1 N–H and O–H groups in total. The number of benzene rings is 4. The van der Waals surface area contributed by atoms with Gasteiger partial charge in [0.15, 0.2) is 0 Å². The molecule has 4 heteroatoms. The maximum Gasteiger partial charge on any atom is 0.338 e. The molecule has 4 nitrogen and oxygen atoms in total. The van der Waals surface area contributed by atoms with Gasteiger partial charge >= 0.3 is 5.97 Å². The maximum atomic E-state index is 13.3. The van der Waals surface area contributed by atoms with Gasteiger partial charge in [-0.25, -0.2) is 4.79 Å². The van der Waals surface area contributed by atoms with Crippen LogP contribution in [0.3, 0.4) is 0 Å². The quantitative estimate of drug-likeness (QED) is 0.254. The molecule has 1 heterocycles. The van der Waals surface area contributed by atoms with E-state index in [4.69, 9.17) is 9.47 Å². The first-order valence-electron chi connectivity index (χ1n) is 12.6. The number of hydrogen-bond acceptors (Lipinski definition) is 4. The standard InChI is InChI=1S/C33H30O4/c34-31-23-33(28-16-8-3-9-17-28,20-19-25-11-4-1-5-12-25)37-32(35)30(31)22-27-15-10-18-29(21-27)36-24-26-13-6-2-7-14-26/h1-18,21,34H,19-20,22-24H2. The molecular formula is C33H30O4. The van der Waals surface area contributed by atoms with Gasteiger partial charge in [0.05, 0.1) is 5.57 Å². The Morgan fingerprint density at radius 3 is 2.05 bits per heavy atom. The molecule has 1 atom stereocenters. The highest BCUT2D eigenvalue weighted by Gasteiger charge is 2.43. The Balaban J connectivity index is 1.35. The van der Waals surface area contributed by atoms with Crippen molar-refractivity contribution >= 4 is 5.97 Å². The highest BCUT2D eigenvalue weighted by molar-refractivity contribution is 5.91. The molecule has 4 aromatic carbocycles. The summed E-state index contributed by atoms with van der Waals surface area (Å²) in [6, 6.07) is 37.5. The summed E-state index contributed by atoms with van der Waals surface area (Å²) in [5, 5.41) is 11.2. The Morgan fingerprint density at radius 1 is 0.757 bits per heavy atom. The molecule has 0 amide bonds. The van der Waals surface area contributed by atoms with E-state index in [1.807, 2.05) is 103 Å². The molecule has 0 saturated heterocycles. The molecule has 0 fully saturated rings. The van der Waals surface area contributed by atoms with E-state index >= 15 is 0 Å². The third kappa shape index (κ3) is 5.92. The second-order valence-corrected chi connectivity index (χ2v) is 9.44. The predicted octanol–water partition coefficient (Wildman–Crippen LogP) is 7.10. The molecule has 5 rings (SSSR count). The largest absolute Gasteiger partial charge is 0.512 e. The summed E-state index contributed by atoms with van der Waals surface area (Å²) in [5.74, 6) is 0.326. The van der Waals surface area contributed by atoms with Crippen molar-refractivity contribution < 1.29 is 19.4 Å². The minimum Gasteiger partial charge on any atom is -0.512 e. The highest BCUT2D eigenvalue weighted by atomic mass is 16.6. The third-order valence-corrected chi connectivity index (χ3v) is 6.82. The lowest BCUT2D eigenvalue weighted by atomic mass is 9.81. The number of aliphatic hydroxyl groups excluding tert-OH is 1. The summed E-state index contributed by atoms with van der Waals surface area (Å²) < 4.78 is 12.1. The Kier molecular flexibility index (Phi) is 7.36. The lowest BCUT2D eigenvalue weighted by Gasteiger charge is -2.38. The fourth-order valence-corrected chi connectivity index (χ4v) is 4.81. The van der Waals surface area contributed by atoms with Crippen LogP contribution in [0.15, 0.2) is 127 Å². The zero-order valence-corrected chi connectivity index (χ0v) is 20.7. The maximum absolute atomic E-state index is 13.3. The van der Waals surface area contributed by atoms with E-state index in [1.54, 1.807) is 0 Å². The minimum absolute atomic E-state index is 0.0868. The van der Waals surface area contributed by atoms with Crippen LogP contribution in [0.5, 0.6) is 5.75 Å². The number of cyclic esters (lactones) is 1. The van der Waals surface area contributed by atoms with Gasteiger partial charge < -0.3 is 14.6 Å². The van der Waals surface area contributed by atoms with Gasteiger partial charge in [-0.1, -0.05) is 103 Å². The van der Waals surface area contributed by atoms with Crippen LogP contribution in [0, 0.1) is 0 Å². The average molecular weight is 491 g/mol. The summed E-state index contributed by atoms with van der Waals surface area (Å²) in [6.45, 7) is 0.460. The molecule has 1 unspecified atom stereocenters. The lowest BCUT2D eigenvalue weighted by molar-refractivity contribution is -0.161. The Bertz CT molecular complexity index is 1360. The molecule has 0 saturated carbocycles. The van der Waals surface area contributed by atoms with Crippen molar-refractivity contribution in [2.24, 2.45) is 0 Å². The number of hydrogen-bond donors (Lipinski definition) is 1. The van der Waals surface area contributed by atoms with E-state index in [-0.39, 0.29) is 18.6 Å². The zero-order chi connectivity index (χ0) is 25.5. The molecule has 0 radical (unpaired) electrons. The summed E-state index contributed by atoms with van der Waals surface area (Å²) in [7, 11) is 0. The molecule has 4 aromatic rings. The Hall–Kier alpha value is -4.31. The molecule has 0 spiro atoms. The van der Waals surface area contributed by atoms with Crippen molar-refractivity contribution in [2.75, 3.05) is 0 Å². The molecule has 1 aliphatic rings. The molecule has 37 heavy (non-hydrogen) atoms. The highest BCUT2D eigenvalue weighted by Crippen LogP contribution is 2.42. The number of aliphatic hydroxyl groups is 1. The van der Waals surface area contributed by atoms with Gasteiger partial charge in [0, 0.05) is 12.8 Å². The van der Waals surface area contributed by atoms with Crippen LogP contribution in [-0.2, 0) is 34.6 Å². The SMILES string of the molecule is O=C1OC(CCc2ccccc2)(c2ccccc2)CC(O)=C1Cc1cccc(OCc2ccccc2)c1. The monoisotopic (exact) mass is 490 g/mol. The van der Waals surface area contributed by atoms with E-state index in [2.05, 4.69) is 12.1 Å². The summed E-state index contributed by atoms with van der Waals surface area (Å²) in [6.07, 6.45) is 1.82. The van der Waals surface area contributed by atoms with Crippen molar-refractivity contribution in [3.8, 4) is 5.75 Å². The van der Waals surface area contributed by atoms with Gasteiger partial charge in [-0.3, -0.25) is 0 Å². The van der Waals surface area contributed by atoms with Crippen LogP contribution in [0.2, 0.25) is 0 Å². The van der Waals surface area contributed by atoms with Gasteiger partial charge in [-0.2, -0.15) is 0 Å². The number of ether oxygens (including phenoxy) is 2. The van der Waals surface area contributed by atoms with Gasteiger partial charge in [-0.05, 0) is 47.2 Å². The molecule has 0 aromatic heterocycles. The van der Waals surface area contributed by atoms with Gasteiger partial charge in [0.1, 0.15) is 23.7 Å². The predicted molar refractivity (Wildman–Crippen MR) is 144 cm³/mol. The van der Waals surface area contributed by atoms with E-state index < -0.39 is 11.6 Å². The molecule has 186 valence electrons. The first kappa shape index (κ1) is 24.4. The Morgan fingerprint density at radius 2 is 1.38 bits per heavy atom. The minimum atomic E-state index is -0.914. The van der Waals surface area contributed by atoms with E-state index in [1.165, 1.54) is 0 Å². The van der Waals surface area contributed by atoms with Crippen LogP contribution in [0.1, 0.15) is 35.1 Å². The lowest BCUT2D eigenvalue weighted by Crippen LogP contribution is -2.38. The van der Waals surface area contributed by atoms with Crippen molar-refractivity contribution in [1.29, 1.82) is 0 Å². The second kappa shape index (κ2) is 11.2. The number of carbonyl (C=O) groups excluding carboxylic acids is 1. The van der Waals surface area contributed by atoms with E-state index in [0.29, 0.717) is 24.4 Å². The summed E-state index contributed by atoms with van der Waals surface area (Å²) in [4.78, 5) is 13.3. The molecule has 1 aliphatic heterocycles. The van der Waals surface area contributed by atoms with Gasteiger partial charge in [0.2, 0.25) is 0 Å². The van der Waals surface area contributed by atoms with Crippen LogP contribution >= 0.6 is 0 Å². The number of esters is 1. The van der Waals surface area contributed by atoms with E-state index in [0.717, 1.165) is 28.7 Å². The van der Waals surface area contributed by atoms with Crippen LogP contribution in [-0.4, -0.2) is 11.1 Å². The van der Waals surface area contributed by atoms with Crippen LogP contribution in [0.25, 0.3) is 0 Å². The van der Waals surface area contributed by atoms with Crippen molar-refractivity contribution in [1.82, 2.24) is 0 Å². The summed E-state index contributed by atoms with van der Waals surface area (Å²) >= 11 is 0. The Labute approximate surface area is 217 Å². The first-order valence-corrected chi connectivity index (χ1v) is 12.6. The number of carbonyl (C=O) groups is 1. The van der Waals surface area contributed by atoms with Crippen LogP contribution < -0.4 is 4.74 Å². The molecular weight excluding hydrogens is 460 g/mol. The topological polar surface area (TPSA) is 55.8 Å². The average Bonchev–Trinajstić information content (AvgIpc) is 2.95. The van der Waals surface area contributed by atoms with E-state index in [9.17, 15) is 9.90 Å². The van der Waals surface area contributed by atoms with Crippen molar-refractivity contribution in [3.63, 3.8) is 0 Å². The second-order valence-electron chi connectivity index (χ2n) is 9.44. The first-order chi connectivity index (χ1) is 18.1. The fourth-order valence-electron chi connectivity index (χ4n) is 4.81. The zero-order valence-electron chi connectivity index (χ0n) is 20.7. The summed E-state index contributed by atoms with van der Waals surface area (Å²) in [5.41, 5.74) is 3.39. The van der Waals surface area contributed by atoms with Crippen molar-refractivity contribution in [3.05, 3.63) is 149 Å². The van der Waals surface area contributed by atoms with Gasteiger partial charge in [-0.15, -0.1) is 0 Å². The fraction of sp³-hybridized carbons (Fsp3) is 0.182.